The predicted octanol–water partition coefficient (Wildman–Crippen LogP) is 5.85. The Balaban J connectivity index is 1.81. The number of nitrogens with zero attached hydrogens (tertiary/aromatic N) is 5. The number of hydrogen-bond donors (Lipinski definition) is 1. The molecule has 36 heavy (non-hydrogen) atoms. The van der Waals surface area contributed by atoms with Gasteiger partial charge in [0.15, 0.2) is 0 Å². The number of hydrogen-bond acceptors (Lipinski definition) is 7. The first-order chi connectivity index (χ1) is 17.1. The van der Waals surface area contributed by atoms with Crippen LogP contribution in [0.5, 0.6) is 0 Å². The molecule has 0 saturated carbocycles. The zero-order valence-corrected chi connectivity index (χ0v) is 22.5. The molecule has 1 fully saturated rings. The van der Waals surface area contributed by atoms with Gasteiger partial charge in [0, 0.05) is 31.1 Å². The normalized spacial score (nSPS) is 14.5. The van der Waals surface area contributed by atoms with Crippen molar-refractivity contribution in [3.05, 3.63) is 52.4 Å². The third-order valence-electron chi connectivity index (χ3n) is 5.79. The van der Waals surface area contributed by atoms with Crippen molar-refractivity contribution in [2.45, 2.75) is 56.9 Å². The van der Waals surface area contributed by atoms with Crippen LogP contribution in [0, 0.1) is 17.9 Å². The summed E-state index contributed by atoms with van der Waals surface area (Å²) in [7, 11) is 2.11. The zero-order chi connectivity index (χ0) is 26.3. The lowest BCUT2D eigenvalue weighted by molar-refractivity contribution is 0.0636. The van der Waals surface area contributed by atoms with Crippen molar-refractivity contribution < 1.29 is 9.53 Å². The monoisotopic (exact) mass is 506 g/mol. The lowest BCUT2D eigenvalue weighted by Crippen LogP contribution is -2.29. The molecule has 0 bridgehead atoms. The van der Waals surface area contributed by atoms with E-state index < -0.39 is 11.7 Å². The van der Waals surface area contributed by atoms with Gasteiger partial charge in [-0.3, -0.25) is 5.32 Å². The molecule has 3 rings (SSSR count). The molecule has 1 aliphatic rings. The fourth-order valence-corrected chi connectivity index (χ4v) is 4.97. The minimum Gasteiger partial charge on any atom is -0.444 e. The fourth-order valence-electron chi connectivity index (χ4n) is 4.01. The number of rotatable bonds is 6. The summed E-state index contributed by atoms with van der Waals surface area (Å²) in [6, 6.07) is 9.84. The second kappa shape index (κ2) is 12.1. The van der Waals surface area contributed by atoms with Crippen molar-refractivity contribution in [3.8, 4) is 6.07 Å². The molecular weight excluding hydrogens is 472 g/mol. The lowest BCUT2D eigenvalue weighted by atomic mass is 10.1. The Hall–Kier alpha value is -3.27. The van der Waals surface area contributed by atoms with E-state index in [0.29, 0.717) is 40.0 Å². The smallest absolute Gasteiger partial charge is 0.412 e. The second-order valence-electron chi connectivity index (χ2n) is 9.78. The minimum absolute atomic E-state index is 0.493. The van der Waals surface area contributed by atoms with Crippen molar-refractivity contribution in [2.24, 2.45) is 0 Å². The summed E-state index contributed by atoms with van der Waals surface area (Å²) in [5, 5.41) is 13.3. The number of likely N-dealkylation sites (N-methyl/N-ethyl adjacent to an activating group) is 1. The number of amides is 1. The molecule has 9 heteroatoms. The molecule has 1 N–H and O–H groups in total. The van der Waals surface area contributed by atoms with Gasteiger partial charge in [0.05, 0.1) is 12.1 Å². The number of aromatic nitrogens is 1. The second-order valence-corrected chi connectivity index (χ2v) is 10.7. The molecule has 8 nitrogen and oxygen atoms in total. The van der Waals surface area contributed by atoms with Gasteiger partial charge >= 0.3 is 6.09 Å². The first-order valence-electron chi connectivity index (χ1n) is 12.1. The highest BCUT2D eigenvalue weighted by molar-refractivity contribution is 7.98. The molecule has 0 radical (unpaired) electrons. The predicted molar refractivity (Wildman–Crippen MR) is 145 cm³/mol. The Labute approximate surface area is 218 Å². The third-order valence-corrected chi connectivity index (χ3v) is 6.84. The topological polar surface area (TPSA) is 85.8 Å². The van der Waals surface area contributed by atoms with Crippen LogP contribution in [0.25, 0.3) is 4.85 Å². The molecule has 1 saturated heterocycles. The maximum absolute atomic E-state index is 12.0. The van der Waals surface area contributed by atoms with Gasteiger partial charge in [0.2, 0.25) is 5.69 Å². The highest BCUT2D eigenvalue weighted by Crippen LogP contribution is 2.39. The summed E-state index contributed by atoms with van der Waals surface area (Å²) in [4.78, 5) is 25.2. The zero-order valence-electron chi connectivity index (χ0n) is 21.7. The van der Waals surface area contributed by atoms with Crippen molar-refractivity contribution in [1.82, 2.24) is 9.88 Å². The molecule has 0 aliphatic carbocycles. The Morgan fingerprint density at radius 2 is 1.97 bits per heavy atom. The summed E-state index contributed by atoms with van der Waals surface area (Å²) < 4.78 is 5.30. The van der Waals surface area contributed by atoms with E-state index in [-0.39, 0.29) is 0 Å². The number of pyridine rings is 1. The van der Waals surface area contributed by atoms with Crippen LogP contribution in [-0.4, -0.2) is 54.8 Å². The number of thioether (sulfide) groups is 1. The van der Waals surface area contributed by atoms with Gasteiger partial charge in [-0.25, -0.2) is 14.6 Å². The highest BCUT2D eigenvalue weighted by Gasteiger charge is 2.24. The largest absolute Gasteiger partial charge is 0.444 e. The summed E-state index contributed by atoms with van der Waals surface area (Å²) >= 11 is 1.50. The standard InChI is InChI=1S/C27H34N6O2S/c1-7-21-22(17-28)25(31-24(23(21)29-5)33-14-8-13-32(6)15-16-33)36-18-19-9-11-20(12-10-19)30-26(34)35-27(2,3)4/h9-12H,7-8,13-16,18H2,1-4,6H3,(H,30,34). The van der Waals surface area contributed by atoms with Gasteiger partial charge < -0.3 is 14.5 Å². The van der Waals surface area contributed by atoms with Crippen LogP contribution in [0.1, 0.15) is 50.8 Å². The molecular formula is C27H34N6O2S. The van der Waals surface area contributed by atoms with Crippen molar-refractivity contribution >= 4 is 35.0 Å². The van der Waals surface area contributed by atoms with E-state index in [2.05, 4.69) is 33.1 Å². The number of nitriles is 1. The summed E-state index contributed by atoms with van der Waals surface area (Å²) in [6.45, 7) is 18.8. The summed E-state index contributed by atoms with van der Waals surface area (Å²) in [5.74, 6) is 1.30. The Kier molecular flexibility index (Phi) is 9.19. The first-order valence-corrected chi connectivity index (χ1v) is 13.1. The van der Waals surface area contributed by atoms with Gasteiger partial charge in [-0.1, -0.05) is 19.1 Å². The number of benzene rings is 1. The minimum atomic E-state index is -0.561. The molecule has 0 spiro atoms. The lowest BCUT2D eigenvalue weighted by Gasteiger charge is -2.25. The molecule has 0 atom stereocenters. The third kappa shape index (κ3) is 7.13. The Morgan fingerprint density at radius 3 is 2.58 bits per heavy atom. The van der Waals surface area contributed by atoms with Gasteiger partial charge in [0.25, 0.3) is 0 Å². The van der Waals surface area contributed by atoms with Crippen LogP contribution in [0.2, 0.25) is 0 Å². The maximum Gasteiger partial charge on any atom is 0.412 e. The molecule has 1 aromatic carbocycles. The molecule has 2 heterocycles. The van der Waals surface area contributed by atoms with E-state index in [1.165, 1.54) is 11.8 Å². The van der Waals surface area contributed by atoms with Gasteiger partial charge in [0.1, 0.15) is 22.5 Å². The van der Waals surface area contributed by atoms with E-state index in [1.807, 2.05) is 52.0 Å². The molecule has 1 aromatic heterocycles. The van der Waals surface area contributed by atoms with E-state index in [4.69, 9.17) is 16.3 Å². The molecule has 190 valence electrons. The van der Waals surface area contributed by atoms with Crippen molar-refractivity contribution in [1.29, 1.82) is 5.26 Å². The van der Waals surface area contributed by atoms with Gasteiger partial charge in [-0.05, 0) is 70.5 Å². The fraction of sp³-hybridized carbons (Fsp3) is 0.481. The van der Waals surface area contributed by atoms with E-state index in [9.17, 15) is 10.1 Å². The van der Waals surface area contributed by atoms with E-state index >= 15 is 0 Å². The van der Waals surface area contributed by atoms with Crippen LogP contribution in [0.4, 0.5) is 22.0 Å². The maximum atomic E-state index is 12.0. The van der Waals surface area contributed by atoms with Crippen LogP contribution >= 0.6 is 11.8 Å². The van der Waals surface area contributed by atoms with Crippen molar-refractivity contribution in [2.75, 3.05) is 43.4 Å². The quantitative estimate of drug-likeness (QED) is 0.389. The van der Waals surface area contributed by atoms with Crippen LogP contribution < -0.4 is 10.2 Å². The number of anilines is 2. The average molecular weight is 507 g/mol. The molecule has 1 amide bonds. The van der Waals surface area contributed by atoms with Crippen LogP contribution in [0.15, 0.2) is 29.3 Å². The molecule has 1 aliphatic heterocycles. The summed E-state index contributed by atoms with van der Waals surface area (Å²) in [6.07, 6.45) is 1.11. The average Bonchev–Trinajstić information content (AvgIpc) is 3.05. The molecule has 2 aromatic rings. The van der Waals surface area contributed by atoms with Crippen LogP contribution in [-0.2, 0) is 16.9 Å². The SMILES string of the molecule is [C-]#[N+]c1c(N2CCCN(C)CC2)nc(SCc2ccc(NC(=O)OC(C)(C)C)cc2)c(C#N)c1CC. The van der Waals surface area contributed by atoms with Crippen molar-refractivity contribution in [3.63, 3.8) is 0 Å². The highest BCUT2D eigenvalue weighted by atomic mass is 32.2. The van der Waals surface area contributed by atoms with E-state index in [0.717, 1.165) is 43.7 Å². The van der Waals surface area contributed by atoms with Gasteiger partial charge in [-0.2, -0.15) is 5.26 Å². The van der Waals surface area contributed by atoms with Gasteiger partial charge in [-0.15, -0.1) is 11.8 Å². The summed E-state index contributed by atoms with van der Waals surface area (Å²) in [5.41, 5.74) is 2.89. The number of carbonyl (C=O) groups is 1. The Bertz CT molecular complexity index is 1160. The number of carbonyl (C=O) groups excluding carboxylic acids is 1. The first kappa shape index (κ1) is 27.3. The van der Waals surface area contributed by atoms with Crippen LogP contribution in [0.3, 0.4) is 0 Å². The molecule has 0 unspecified atom stereocenters. The Morgan fingerprint density at radius 1 is 1.25 bits per heavy atom. The number of nitrogens with one attached hydrogen (secondary N) is 1. The number of ether oxygens (including phenoxy) is 1. The van der Waals surface area contributed by atoms with E-state index in [1.54, 1.807) is 0 Å².